The zero-order valence-electron chi connectivity index (χ0n) is 11.0. The molecule has 19 heavy (non-hydrogen) atoms. The summed E-state index contributed by atoms with van der Waals surface area (Å²) >= 11 is 0. The average molecular weight is 262 g/mol. The number of aromatic nitrogens is 2. The Morgan fingerprint density at radius 3 is 2.84 bits per heavy atom. The molecule has 1 unspecified atom stereocenters. The molecule has 3 rings (SSSR count). The van der Waals surface area contributed by atoms with Crippen molar-refractivity contribution in [1.82, 2.24) is 20.0 Å². The fraction of sp³-hybridized carbons (Fsp3) is 0.615. The van der Waals surface area contributed by atoms with Gasteiger partial charge in [-0.15, -0.1) is 0 Å². The topological polar surface area (TPSA) is 67.2 Å². The molecule has 6 nitrogen and oxygen atoms in total. The fourth-order valence-electron chi connectivity index (χ4n) is 2.52. The third-order valence-corrected chi connectivity index (χ3v) is 3.66. The molecule has 1 aromatic rings. The van der Waals surface area contributed by atoms with Crippen LogP contribution in [0.15, 0.2) is 12.4 Å². The molecule has 1 atom stereocenters. The van der Waals surface area contributed by atoms with Gasteiger partial charge in [0, 0.05) is 25.8 Å². The Bertz CT molecular complexity index is 506. The number of carbonyl (C=O) groups is 2. The molecule has 0 spiro atoms. The third kappa shape index (κ3) is 2.53. The number of nitrogens with zero attached hydrogens (tertiary/aromatic N) is 3. The number of nitrogens with one attached hydrogen (secondary N) is 1. The Kier molecular flexibility index (Phi) is 3.10. The predicted molar refractivity (Wildman–Crippen MR) is 68.2 cm³/mol. The summed E-state index contributed by atoms with van der Waals surface area (Å²) < 4.78 is 1.76. The van der Waals surface area contributed by atoms with Gasteiger partial charge in [0.1, 0.15) is 0 Å². The van der Waals surface area contributed by atoms with E-state index in [0.717, 1.165) is 24.8 Å². The van der Waals surface area contributed by atoms with Crippen LogP contribution >= 0.6 is 0 Å². The summed E-state index contributed by atoms with van der Waals surface area (Å²) in [7, 11) is 1.88. The lowest BCUT2D eigenvalue weighted by molar-refractivity contribution is -0.139. The number of imide groups is 1. The molecule has 1 saturated carbocycles. The van der Waals surface area contributed by atoms with Gasteiger partial charge in [-0.05, 0) is 24.8 Å². The van der Waals surface area contributed by atoms with E-state index in [4.69, 9.17) is 0 Å². The molecule has 0 bridgehead atoms. The standard InChI is InChI=1S/C13H18N4O2/c1-16-8-9(7-15-16)4-5-14-11-6-12(18)17(13(11)19)10-2-3-10/h7-8,10-11,14H,2-6H2,1H3. The molecule has 1 N–H and O–H groups in total. The molecular formula is C13H18N4O2. The minimum Gasteiger partial charge on any atom is -0.305 e. The summed E-state index contributed by atoms with van der Waals surface area (Å²) in [5.74, 6) is -0.0648. The number of rotatable bonds is 5. The van der Waals surface area contributed by atoms with E-state index in [1.54, 1.807) is 4.68 Å². The first-order valence-electron chi connectivity index (χ1n) is 6.72. The maximum absolute atomic E-state index is 12.1. The average Bonchev–Trinajstić information content (AvgIpc) is 3.04. The lowest BCUT2D eigenvalue weighted by Gasteiger charge is -2.14. The monoisotopic (exact) mass is 262 g/mol. The Hall–Kier alpha value is -1.69. The van der Waals surface area contributed by atoms with Crippen molar-refractivity contribution in [3.63, 3.8) is 0 Å². The Morgan fingerprint density at radius 1 is 1.42 bits per heavy atom. The highest BCUT2D eigenvalue weighted by Crippen LogP contribution is 2.31. The van der Waals surface area contributed by atoms with Gasteiger partial charge in [0.2, 0.25) is 11.8 Å². The summed E-state index contributed by atoms with van der Waals surface area (Å²) in [6.07, 6.45) is 6.84. The van der Waals surface area contributed by atoms with Gasteiger partial charge in [-0.25, -0.2) is 0 Å². The Labute approximate surface area is 111 Å². The van der Waals surface area contributed by atoms with Crippen LogP contribution in [-0.2, 0) is 23.1 Å². The number of likely N-dealkylation sites (tertiary alicyclic amines) is 1. The second-order valence-electron chi connectivity index (χ2n) is 5.32. The van der Waals surface area contributed by atoms with E-state index in [1.807, 2.05) is 19.4 Å². The van der Waals surface area contributed by atoms with Gasteiger partial charge in [-0.2, -0.15) is 5.10 Å². The van der Waals surface area contributed by atoms with Crippen molar-refractivity contribution >= 4 is 11.8 Å². The molecule has 0 radical (unpaired) electrons. The van der Waals surface area contributed by atoms with Crippen LogP contribution in [0.1, 0.15) is 24.8 Å². The first-order chi connectivity index (χ1) is 9.15. The molecule has 2 aliphatic rings. The first kappa shape index (κ1) is 12.3. The van der Waals surface area contributed by atoms with E-state index >= 15 is 0 Å². The lowest BCUT2D eigenvalue weighted by Crippen LogP contribution is -2.40. The van der Waals surface area contributed by atoms with E-state index in [2.05, 4.69) is 10.4 Å². The number of hydrogen-bond acceptors (Lipinski definition) is 4. The highest BCUT2D eigenvalue weighted by Gasteiger charge is 2.45. The van der Waals surface area contributed by atoms with E-state index in [9.17, 15) is 9.59 Å². The van der Waals surface area contributed by atoms with Crippen LogP contribution in [-0.4, -0.2) is 45.1 Å². The summed E-state index contributed by atoms with van der Waals surface area (Å²) in [6, 6.07) is -0.144. The SMILES string of the molecule is Cn1cc(CCNC2CC(=O)N(C3CC3)C2=O)cn1. The summed E-state index contributed by atoms with van der Waals surface area (Å²) in [4.78, 5) is 25.3. The number of hydrogen-bond donors (Lipinski definition) is 1. The van der Waals surface area contributed by atoms with Crippen molar-refractivity contribution in [3.8, 4) is 0 Å². The van der Waals surface area contributed by atoms with Crippen molar-refractivity contribution < 1.29 is 9.59 Å². The van der Waals surface area contributed by atoms with Crippen LogP contribution in [0.5, 0.6) is 0 Å². The Balaban J connectivity index is 1.50. The molecule has 102 valence electrons. The van der Waals surface area contributed by atoms with Crippen LogP contribution < -0.4 is 5.32 Å². The minimum absolute atomic E-state index is 0.0219. The van der Waals surface area contributed by atoms with Crippen LogP contribution in [0.3, 0.4) is 0 Å². The van der Waals surface area contributed by atoms with Crippen molar-refractivity contribution in [2.45, 2.75) is 37.8 Å². The van der Waals surface area contributed by atoms with Crippen molar-refractivity contribution in [2.75, 3.05) is 6.54 Å². The van der Waals surface area contributed by atoms with Gasteiger partial charge in [0.25, 0.3) is 0 Å². The number of carbonyl (C=O) groups excluding carboxylic acids is 2. The number of amides is 2. The van der Waals surface area contributed by atoms with Gasteiger partial charge in [0.05, 0.1) is 18.7 Å². The Morgan fingerprint density at radius 2 is 2.21 bits per heavy atom. The van der Waals surface area contributed by atoms with Gasteiger partial charge in [0.15, 0.2) is 0 Å². The molecule has 1 saturated heterocycles. The van der Waals surface area contributed by atoms with Crippen molar-refractivity contribution in [1.29, 1.82) is 0 Å². The predicted octanol–water partition coefficient (Wildman–Crippen LogP) is -0.158. The van der Waals surface area contributed by atoms with Crippen molar-refractivity contribution in [2.24, 2.45) is 7.05 Å². The third-order valence-electron chi connectivity index (χ3n) is 3.66. The maximum atomic E-state index is 12.1. The molecular weight excluding hydrogens is 244 g/mol. The second kappa shape index (κ2) is 4.77. The van der Waals surface area contributed by atoms with Crippen LogP contribution in [0.4, 0.5) is 0 Å². The maximum Gasteiger partial charge on any atom is 0.247 e. The van der Waals surface area contributed by atoms with Gasteiger partial charge in [-0.3, -0.25) is 19.2 Å². The highest BCUT2D eigenvalue weighted by molar-refractivity contribution is 6.06. The summed E-state index contributed by atoms with van der Waals surface area (Å²) in [5, 5.41) is 7.28. The van der Waals surface area contributed by atoms with Crippen LogP contribution in [0.25, 0.3) is 0 Å². The fourth-order valence-corrected chi connectivity index (χ4v) is 2.52. The van der Waals surface area contributed by atoms with Gasteiger partial charge < -0.3 is 5.32 Å². The molecule has 1 aliphatic heterocycles. The minimum atomic E-state index is -0.329. The molecule has 1 aliphatic carbocycles. The van der Waals surface area contributed by atoms with Crippen molar-refractivity contribution in [3.05, 3.63) is 18.0 Å². The summed E-state index contributed by atoms with van der Waals surface area (Å²) in [6.45, 7) is 0.688. The molecule has 6 heteroatoms. The van der Waals surface area contributed by atoms with Gasteiger partial charge >= 0.3 is 0 Å². The highest BCUT2D eigenvalue weighted by atomic mass is 16.2. The quantitative estimate of drug-likeness (QED) is 0.749. The molecule has 2 fully saturated rings. The largest absolute Gasteiger partial charge is 0.305 e. The van der Waals surface area contributed by atoms with E-state index < -0.39 is 0 Å². The van der Waals surface area contributed by atoms with Crippen LogP contribution in [0, 0.1) is 0 Å². The normalized spacial score (nSPS) is 23.4. The molecule has 2 amide bonds. The van der Waals surface area contributed by atoms with Crippen LogP contribution in [0.2, 0.25) is 0 Å². The first-order valence-corrected chi connectivity index (χ1v) is 6.72. The zero-order chi connectivity index (χ0) is 13.4. The molecule has 2 heterocycles. The smallest absolute Gasteiger partial charge is 0.247 e. The van der Waals surface area contributed by atoms with E-state index in [1.165, 1.54) is 4.90 Å². The molecule has 1 aromatic heterocycles. The zero-order valence-corrected chi connectivity index (χ0v) is 11.0. The second-order valence-corrected chi connectivity index (χ2v) is 5.32. The number of aryl methyl sites for hydroxylation is 1. The van der Waals surface area contributed by atoms with E-state index in [-0.39, 0.29) is 23.9 Å². The summed E-state index contributed by atoms with van der Waals surface area (Å²) in [5.41, 5.74) is 1.13. The van der Waals surface area contributed by atoms with E-state index in [0.29, 0.717) is 13.0 Å². The lowest BCUT2D eigenvalue weighted by atomic mass is 10.2. The molecule has 0 aromatic carbocycles. The van der Waals surface area contributed by atoms with Gasteiger partial charge in [-0.1, -0.05) is 0 Å².